The number of hydrogen-bond acceptors (Lipinski definition) is 3. The van der Waals surface area contributed by atoms with Gasteiger partial charge in [0, 0.05) is 18.8 Å². The zero-order chi connectivity index (χ0) is 8.10. The molecule has 1 aromatic heterocycles. The lowest BCUT2D eigenvalue weighted by molar-refractivity contribution is 0.275. The van der Waals surface area contributed by atoms with Gasteiger partial charge >= 0.3 is 0 Å². The largest absolute Gasteiger partial charge is 0.396 e. The second-order valence-electron chi connectivity index (χ2n) is 2.37. The van der Waals surface area contributed by atoms with Gasteiger partial charge in [0.2, 0.25) is 0 Å². The zero-order valence-electron chi connectivity index (χ0n) is 6.68. The molecular weight excluding hydrogens is 176 g/mol. The summed E-state index contributed by atoms with van der Waals surface area (Å²) in [5.74, 6) is 0. The van der Waals surface area contributed by atoms with Gasteiger partial charge in [0.05, 0.1) is 5.69 Å². The summed E-state index contributed by atoms with van der Waals surface area (Å²) in [5, 5.41) is 8.59. The Hall–Kier alpha value is -0.640. The van der Waals surface area contributed by atoms with Crippen molar-refractivity contribution < 1.29 is 5.11 Å². The van der Waals surface area contributed by atoms with E-state index in [1.54, 1.807) is 6.20 Å². The number of nitrogens with zero attached hydrogens (tertiary/aromatic N) is 1. The highest BCUT2D eigenvalue weighted by Gasteiger charge is 2.03. The van der Waals surface area contributed by atoms with E-state index < -0.39 is 0 Å². The summed E-state index contributed by atoms with van der Waals surface area (Å²) in [6.07, 6.45) is 2.27. The van der Waals surface area contributed by atoms with Gasteiger partial charge in [-0.15, -0.1) is 12.4 Å². The normalized spacial score (nSPS) is 11.8. The average molecular weight is 189 g/mol. The summed E-state index contributed by atoms with van der Waals surface area (Å²) in [4.78, 5) is 4.06. The van der Waals surface area contributed by atoms with Crippen molar-refractivity contribution in [3.63, 3.8) is 0 Å². The Morgan fingerprint density at radius 2 is 2.25 bits per heavy atom. The molecule has 0 bridgehead atoms. The van der Waals surface area contributed by atoms with E-state index in [4.69, 9.17) is 10.8 Å². The number of nitrogens with two attached hydrogens (primary N) is 1. The molecule has 0 aliphatic rings. The van der Waals surface area contributed by atoms with E-state index in [0.717, 1.165) is 5.69 Å². The van der Waals surface area contributed by atoms with Crippen LogP contribution in [0.1, 0.15) is 18.2 Å². The molecule has 3 nitrogen and oxygen atoms in total. The van der Waals surface area contributed by atoms with Gasteiger partial charge in [-0.2, -0.15) is 0 Å². The minimum Gasteiger partial charge on any atom is -0.396 e. The number of rotatable bonds is 3. The van der Waals surface area contributed by atoms with Crippen LogP contribution in [-0.2, 0) is 0 Å². The second-order valence-corrected chi connectivity index (χ2v) is 2.37. The van der Waals surface area contributed by atoms with Crippen LogP contribution in [0.3, 0.4) is 0 Å². The maximum atomic E-state index is 8.59. The van der Waals surface area contributed by atoms with Gasteiger partial charge in [-0.25, -0.2) is 0 Å². The molecule has 0 saturated carbocycles. The molecule has 1 heterocycles. The third-order valence-corrected chi connectivity index (χ3v) is 1.51. The van der Waals surface area contributed by atoms with E-state index in [2.05, 4.69) is 4.98 Å². The van der Waals surface area contributed by atoms with Crippen molar-refractivity contribution in [1.82, 2.24) is 4.98 Å². The van der Waals surface area contributed by atoms with Crippen molar-refractivity contribution in [3.8, 4) is 0 Å². The van der Waals surface area contributed by atoms with Crippen molar-refractivity contribution in [1.29, 1.82) is 0 Å². The molecule has 0 fully saturated rings. The van der Waals surface area contributed by atoms with Gasteiger partial charge in [0.15, 0.2) is 0 Å². The van der Waals surface area contributed by atoms with Crippen molar-refractivity contribution in [3.05, 3.63) is 30.1 Å². The van der Waals surface area contributed by atoms with Crippen molar-refractivity contribution >= 4 is 12.4 Å². The van der Waals surface area contributed by atoms with E-state index in [0.29, 0.717) is 6.42 Å². The first-order chi connectivity index (χ1) is 5.34. The van der Waals surface area contributed by atoms with E-state index in [-0.39, 0.29) is 25.1 Å². The predicted molar refractivity (Wildman–Crippen MR) is 50.1 cm³/mol. The zero-order valence-corrected chi connectivity index (χ0v) is 7.50. The Bertz CT molecular complexity index is 205. The highest BCUT2D eigenvalue weighted by molar-refractivity contribution is 5.85. The van der Waals surface area contributed by atoms with Gasteiger partial charge in [-0.05, 0) is 18.6 Å². The fraction of sp³-hybridized carbons (Fsp3) is 0.375. The first-order valence-corrected chi connectivity index (χ1v) is 3.62. The molecule has 4 heteroatoms. The van der Waals surface area contributed by atoms with E-state index in [1.165, 1.54) is 0 Å². The summed E-state index contributed by atoms with van der Waals surface area (Å²) >= 11 is 0. The molecule has 1 aromatic rings. The summed E-state index contributed by atoms with van der Waals surface area (Å²) in [6, 6.07) is 5.45. The third-order valence-electron chi connectivity index (χ3n) is 1.51. The number of aliphatic hydroxyl groups is 1. The predicted octanol–water partition coefficient (Wildman–Crippen LogP) is 0.886. The van der Waals surface area contributed by atoms with Gasteiger partial charge < -0.3 is 10.8 Å². The molecule has 1 rings (SSSR count). The minimum atomic E-state index is -0.138. The average Bonchev–Trinajstić information content (AvgIpc) is 2.07. The number of halogens is 1. The smallest absolute Gasteiger partial charge is 0.0571 e. The third kappa shape index (κ3) is 3.17. The second kappa shape index (κ2) is 5.94. The van der Waals surface area contributed by atoms with Gasteiger partial charge in [-0.3, -0.25) is 4.98 Å². The Morgan fingerprint density at radius 1 is 1.50 bits per heavy atom. The van der Waals surface area contributed by atoms with Crippen molar-refractivity contribution in [2.24, 2.45) is 5.73 Å². The van der Waals surface area contributed by atoms with Crippen molar-refractivity contribution in [2.45, 2.75) is 12.5 Å². The van der Waals surface area contributed by atoms with Crippen LogP contribution in [-0.4, -0.2) is 16.7 Å². The van der Waals surface area contributed by atoms with Crippen LogP contribution in [0.5, 0.6) is 0 Å². The maximum absolute atomic E-state index is 8.59. The van der Waals surface area contributed by atoms with Crippen molar-refractivity contribution in [2.75, 3.05) is 6.61 Å². The number of pyridine rings is 1. The highest BCUT2D eigenvalue weighted by atomic mass is 35.5. The molecule has 0 aliphatic heterocycles. The van der Waals surface area contributed by atoms with Gasteiger partial charge in [-0.1, -0.05) is 6.07 Å². The molecule has 12 heavy (non-hydrogen) atoms. The highest BCUT2D eigenvalue weighted by Crippen LogP contribution is 2.08. The molecule has 0 aromatic carbocycles. The molecule has 0 radical (unpaired) electrons. The van der Waals surface area contributed by atoms with Crippen LogP contribution in [0.4, 0.5) is 0 Å². The molecule has 68 valence electrons. The summed E-state index contributed by atoms with van der Waals surface area (Å²) < 4.78 is 0. The monoisotopic (exact) mass is 188 g/mol. The number of aliphatic hydroxyl groups excluding tert-OH is 1. The Kier molecular flexibility index (Phi) is 5.62. The SMILES string of the molecule is Cl.N[C@H](CCO)c1ccccn1. The summed E-state index contributed by atoms with van der Waals surface area (Å²) in [5.41, 5.74) is 6.52. The fourth-order valence-corrected chi connectivity index (χ4v) is 0.882. The molecule has 0 saturated heterocycles. The van der Waals surface area contributed by atoms with E-state index in [9.17, 15) is 0 Å². The minimum absolute atomic E-state index is 0. The maximum Gasteiger partial charge on any atom is 0.0571 e. The Morgan fingerprint density at radius 3 is 2.75 bits per heavy atom. The topological polar surface area (TPSA) is 59.1 Å². The lowest BCUT2D eigenvalue weighted by Gasteiger charge is -2.07. The van der Waals surface area contributed by atoms with Crippen LogP contribution in [0.25, 0.3) is 0 Å². The standard InChI is InChI=1S/C8H12N2O.ClH/c9-7(4-6-11)8-3-1-2-5-10-8;/h1-3,5,7,11H,4,6,9H2;1H/t7-;/m1./s1. The molecule has 0 spiro atoms. The fourth-order valence-electron chi connectivity index (χ4n) is 0.882. The van der Waals surface area contributed by atoms with Gasteiger partial charge in [0.1, 0.15) is 0 Å². The van der Waals surface area contributed by atoms with Crippen LogP contribution in [0, 0.1) is 0 Å². The molecular formula is C8H13ClN2O. The Labute approximate surface area is 78.0 Å². The Balaban J connectivity index is 0.00000121. The lowest BCUT2D eigenvalue weighted by atomic mass is 10.1. The molecule has 0 aliphatic carbocycles. The van der Waals surface area contributed by atoms with Crippen LogP contribution < -0.4 is 5.73 Å². The first kappa shape index (κ1) is 11.4. The van der Waals surface area contributed by atoms with Crippen LogP contribution in [0.2, 0.25) is 0 Å². The van der Waals surface area contributed by atoms with E-state index >= 15 is 0 Å². The molecule has 0 unspecified atom stereocenters. The molecule has 3 N–H and O–H groups in total. The first-order valence-electron chi connectivity index (χ1n) is 3.62. The van der Waals surface area contributed by atoms with Gasteiger partial charge in [0.25, 0.3) is 0 Å². The summed E-state index contributed by atoms with van der Waals surface area (Å²) in [7, 11) is 0. The quantitative estimate of drug-likeness (QED) is 0.741. The van der Waals surface area contributed by atoms with Crippen LogP contribution >= 0.6 is 12.4 Å². The number of aromatic nitrogens is 1. The van der Waals surface area contributed by atoms with Crippen LogP contribution in [0.15, 0.2) is 24.4 Å². The van der Waals surface area contributed by atoms with E-state index in [1.807, 2.05) is 18.2 Å². The number of hydrogen-bond donors (Lipinski definition) is 2. The lowest BCUT2D eigenvalue weighted by Crippen LogP contribution is -2.13. The molecule has 1 atom stereocenters. The summed E-state index contributed by atoms with van der Waals surface area (Å²) in [6.45, 7) is 0.109. The molecule has 0 amide bonds.